The first kappa shape index (κ1) is 8.50. The summed E-state index contributed by atoms with van der Waals surface area (Å²) in [6.45, 7) is 0.394. The van der Waals surface area contributed by atoms with Crippen molar-refractivity contribution >= 4 is 11.9 Å². The maximum absolute atomic E-state index is 10.8. The van der Waals surface area contributed by atoms with E-state index in [1.54, 1.807) is 0 Å². The van der Waals surface area contributed by atoms with Gasteiger partial charge in [0.15, 0.2) is 0 Å². The summed E-state index contributed by atoms with van der Waals surface area (Å²) in [5.41, 5.74) is 0. The normalized spacial score (nSPS) is 42.2. The minimum Gasteiger partial charge on any atom is -0.481 e. The summed E-state index contributed by atoms with van der Waals surface area (Å²) in [5, 5.41) is 17.6. The first-order chi connectivity index (χ1) is 6.11. The Morgan fingerprint density at radius 2 is 1.77 bits per heavy atom. The molecule has 0 aromatic carbocycles. The van der Waals surface area contributed by atoms with E-state index in [4.69, 9.17) is 14.9 Å². The predicted octanol–water partition coefficient (Wildman–Crippen LogP) is -0.193. The molecule has 4 atom stereocenters. The van der Waals surface area contributed by atoms with Crippen molar-refractivity contribution in [3.05, 3.63) is 0 Å². The first-order valence-electron chi connectivity index (χ1n) is 4.18. The summed E-state index contributed by atoms with van der Waals surface area (Å²) in [4.78, 5) is 21.6. The molecule has 5 heteroatoms. The zero-order chi connectivity index (χ0) is 9.59. The van der Waals surface area contributed by atoms with Crippen LogP contribution in [-0.4, -0.2) is 34.9 Å². The summed E-state index contributed by atoms with van der Waals surface area (Å²) in [5.74, 6) is -3.78. The number of rotatable bonds is 2. The topological polar surface area (TPSA) is 83.8 Å². The van der Waals surface area contributed by atoms with Crippen molar-refractivity contribution in [2.75, 3.05) is 6.61 Å². The number of aliphatic carboxylic acids is 2. The second kappa shape index (κ2) is 2.70. The van der Waals surface area contributed by atoms with Crippen molar-refractivity contribution in [1.82, 2.24) is 0 Å². The fourth-order valence-corrected chi connectivity index (χ4v) is 2.37. The molecule has 2 N–H and O–H groups in total. The zero-order valence-corrected chi connectivity index (χ0v) is 6.84. The van der Waals surface area contributed by atoms with Crippen LogP contribution in [0, 0.1) is 17.8 Å². The molecule has 2 bridgehead atoms. The van der Waals surface area contributed by atoms with Gasteiger partial charge < -0.3 is 14.9 Å². The number of hydrogen-bond acceptors (Lipinski definition) is 3. The Hall–Kier alpha value is -1.10. The van der Waals surface area contributed by atoms with Crippen molar-refractivity contribution in [2.24, 2.45) is 17.8 Å². The highest BCUT2D eigenvalue weighted by Crippen LogP contribution is 2.44. The quantitative estimate of drug-likeness (QED) is 0.624. The molecular weight excluding hydrogens is 176 g/mol. The highest BCUT2D eigenvalue weighted by atomic mass is 16.5. The minimum atomic E-state index is -1.06. The van der Waals surface area contributed by atoms with Gasteiger partial charge in [0.2, 0.25) is 0 Å². The third kappa shape index (κ3) is 1.11. The number of carboxylic acids is 2. The lowest BCUT2D eigenvalue weighted by Crippen LogP contribution is -2.39. The second-order valence-electron chi connectivity index (χ2n) is 3.60. The van der Waals surface area contributed by atoms with Gasteiger partial charge in [-0.2, -0.15) is 0 Å². The smallest absolute Gasteiger partial charge is 0.310 e. The van der Waals surface area contributed by atoms with Gasteiger partial charge in [-0.25, -0.2) is 0 Å². The molecule has 5 nitrogen and oxygen atoms in total. The van der Waals surface area contributed by atoms with E-state index in [9.17, 15) is 9.59 Å². The van der Waals surface area contributed by atoms with Crippen LogP contribution in [0.3, 0.4) is 0 Å². The molecule has 1 saturated heterocycles. The van der Waals surface area contributed by atoms with Gasteiger partial charge in [0.25, 0.3) is 0 Å². The maximum atomic E-state index is 10.8. The zero-order valence-electron chi connectivity index (χ0n) is 6.84. The van der Waals surface area contributed by atoms with Gasteiger partial charge in [-0.15, -0.1) is 0 Å². The average molecular weight is 186 g/mol. The van der Waals surface area contributed by atoms with Gasteiger partial charge in [-0.3, -0.25) is 9.59 Å². The number of ether oxygens (including phenoxy) is 1. The van der Waals surface area contributed by atoms with E-state index in [0.717, 1.165) is 0 Å². The molecule has 2 aliphatic rings. The molecule has 1 aliphatic heterocycles. The molecule has 1 saturated carbocycles. The second-order valence-corrected chi connectivity index (χ2v) is 3.60. The van der Waals surface area contributed by atoms with Crippen LogP contribution in [0.15, 0.2) is 0 Å². The lowest BCUT2D eigenvalue weighted by Gasteiger charge is -2.24. The Morgan fingerprint density at radius 1 is 1.15 bits per heavy atom. The summed E-state index contributed by atoms with van der Waals surface area (Å²) in [6, 6.07) is 0. The number of hydrogen-bond donors (Lipinski definition) is 2. The molecule has 0 radical (unpaired) electrons. The number of fused-ring (bicyclic) bond motifs is 2. The van der Waals surface area contributed by atoms with Crippen LogP contribution in [0.2, 0.25) is 0 Å². The fourth-order valence-electron chi connectivity index (χ4n) is 2.37. The molecule has 0 spiro atoms. The van der Waals surface area contributed by atoms with Crippen molar-refractivity contribution in [3.63, 3.8) is 0 Å². The van der Waals surface area contributed by atoms with Gasteiger partial charge in [-0.1, -0.05) is 0 Å². The highest BCUT2D eigenvalue weighted by Gasteiger charge is 2.55. The third-order valence-electron chi connectivity index (χ3n) is 2.93. The monoisotopic (exact) mass is 186 g/mol. The maximum Gasteiger partial charge on any atom is 0.310 e. The molecule has 13 heavy (non-hydrogen) atoms. The molecule has 0 amide bonds. The summed E-state index contributed by atoms with van der Waals surface area (Å²) < 4.78 is 5.16. The molecule has 2 fully saturated rings. The van der Waals surface area contributed by atoms with E-state index in [-0.39, 0.29) is 12.0 Å². The highest BCUT2D eigenvalue weighted by molar-refractivity contribution is 5.81. The fraction of sp³-hybridized carbons (Fsp3) is 0.750. The van der Waals surface area contributed by atoms with Crippen LogP contribution in [0.5, 0.6) is 0 Å². The number of carboxylic acid groups (broad SMARTS) is 2. The van der Waals surface area contributed by atoms with Crippen LogP contribution >= 0.6 is 0 Å². The van der Waals surface area contributed by atoms with E-state index in [0.29, 0.717) is 13.0 Å². The summed E-state index contributed by atoms with van der Waals surface area (Å²) in [7, 11) is 0. The molecule has 1 aliphatic carbocycles. The van der Waals surface area contributed by atoms with Crippen LogP contribution < -0.4 is 0 Å². The van der Waals surface area contributed by atoms with Crippen molar-refractivity contribution in [2.45, 2.75) is 12.5 Å². The Balaban J connectivity index is 2.24. The summed E-state index contributed by atoms with van der Waals surface area (Å²) in [6.07, 6.45) is 0.192. The Labute approximate surface area is 74.3 Å². The Morgan fingerprint density at radius 3 is 2.23 bits per heavy atom. The average Bonchev–Trinajstić information content (AvgIpc) is 2.60. The van der Waals surface area contributed by atoms with Gasteiger partial charge in [0, 0.05) is 0 Å². The molecular formula is C8H10O5. The molecule has 72 valence electrons. The standard InChI is InChI=1S/C8H10O5/c9-7(10)5-3-1-4(13-2-3)6(5)8(11)12/h3-6H,1-2H2,(H,9,10)(H,11,12). The van der Waals surface area contributed by atoms with E-state index in [1.165, 1.54) is 0 Å². The molecule has 4 unspecified atom stereocenters. The van der Waals surface area contributed by atoms with Crippen molar-refractivity contribution < 1.29 is 24.5 Å². The number of carbonyl (C=O) groups is 2. The molecule has 0 aromatic heterocycles. The largest absolute Gasteiger partial charge is 0.481 e. The van der Waals surface area contributed by atoms with Crippen LogP contribution in [0.4, 0.5) is 0 Å². The third-order valence-corrected chi connectivity index (χ3v) is 2.93. The van der Waals surface area contributed by atoms with E-state index in [2.05, 4.69) is 0 Å². The summed E-state index contributed by atoms with van der Waals surface area (Å²) >= 11 is 0. The van der Waals surface area contributed by atoms with Gasteiger partial charge >= 0.3 is 11.9 Å². The van der Waals surface area contributed by atoms with Gasteiger partial charge in [-0.05, 0) is 12.3 Å². The lowest BCUT2D eigenvalue weighted by atomic mass is 9.88. The predicted molar refractivity (Wildman–Crippen MR) is 40.1 cm³/mol. The first-order valence-corrected chi connectivity index (χ1v) is 4.18. The van der Waals surface area contributed by atoms with Crippen LogP contribution in [0.25, 0.3) is 0 Å². The minimum absolute atomic E-state index is 0.108. The molecule has 1 heterocycles. The van der Waals surface area contributed by atoms with Gasteiger partial charge in [0.05, 0.1) is 24.5 Å². The van der Waals surface area contributed by atoms with E-state index < -0.39 is 23.8 Å². The lowest BCUT2D eigenvalue weighted by molar-refractivity contribution is -0.162. The van der Waals surface area contributed by atoms with Crippen molar-refractivity contribution in [1.29, 1.82) is 0 Å². The SMILES string of the molecule is O=C(O)C1C2COC(C2)C1C(=O)O. The van der Waals surface area contributed by atoms with E-state index >= 15 is 0 Å². The van der Waals surface area contributed by atoms with Crippen LogP contribution in [-0.2, 0) is 14.3 Å². The molecule has 2 rings (SSSR count). The Kier molecular flexibility index (Phi) is 1.76. The van der Waals surface area contributed by atoms with Gasteiger partial charge in [0.1, 0.15) is 0 Å². The Bertz CT molecular complexity index is 235. The van der Waals surface area contributed by atoms with Crippen molar-refractivity contribution in [3.8, 4) is 0 Å². The van der Waals surface area contributed by atoms with E-state index in [1.807, 2.05) is 0 Å². The van der Waals surface area contributed by atoms with Crippen LogP contribution in [0.1, 0.15) is 6.42 Å². The molecule has 0 aromatic rings.